The van der Waals surface area contributed by atoms with E-state index in [9.17, 15) is 0 Å². The minimum absolute atomic E-state index is 0.514. The van der Waals surface area contributed by atoms with Gasteiger partial charge in [0.05, 0.1) is 22.2 Å². The molecule has 0 amide bonds. The molecule has 6 heteroatoms. The van der Waals surface area contributed by atoms with Gasteiger partial charge in [-0.2, -0.15) is 0 Å². The Kier molecular flexibility index (Phi) is 7.21. The van der Waals surface area contributed by atoms with Gasteiger partial charge in [-0.05, 0) is 76.5 Å². The van der Waals surface area contributed by atoms with E-state index in [-0.39, 0.29) is 0 Å². The summed E-state index contributed by atoms with van der Waals surface area (Å²) in [5, 5.41) is 8.73. The summed E-state index contributed by atoms with van der Waals surface area (Å²) in [6, 6.07) is 67.4. The number of para-hydroxylation sites is 5. The molecule has 284 valence electrons. The van der Waals surface area contributed by atoms with Crippen molar-refractivity contribution in [1.82, 2.24) is 19.5 Å². The van der Waals surface area contributed by atoms with Gasteiger partial charge in [-0.3, -0.25) is 0 Å². The Balaban J connectivity index is 1.05. The highest BCUT2D eigenvalue weighted by atomic mass is 16.3. The van der Waals surface area contributed by atoms with Gasteiger partial charge in [-0.25, -0.2) is 15.0 Å². The zero-order valence-corrected chi connectivity index (χ0v) is 32.6. The van der Waals surface area contributed by atoms with E-state index < -0.39 is 0 Å². The van der Waals surface area contributed by atoms with Crippen LogP contribution in [0.3, 0.4) is 0 Å². The lowest BCUT2D eigenvalue weighted by atomic mass is 9.95. The van der Waals surface area contributed by atoms with E-state index >= 15 is 0 Å². The van der Waals surface area contributed by atoms with Crippen LogP contribution in [0, 0.1) is 0 Å². The van der Waals surface area contributed by atoms with Gasteiger partial charge in [0.2, 0.25) is 0 Å². The van der Waals surface area contributed by atoms with Crippen LogP contribution in [-0.4, -0.2) is 19.5 Å². The zero-order chi connectivity index (χ0) is 40.0. The third-order valence-electron chi connectivity index (χ3n) is 12.1. The molecule has 4 aromatic heterocycles. The highest BCUT2D eigenvalue weighted by Crippen LogP contribution is 2.45. The molecule has 0 bridgehead atoms. The molecular formula is C55H32N4O2. The van der Waals surface area contributed by atoms with Crippen molar-refractivity contribution in [3.05, 3.63) is 194 Å². The molecule has 0 radical (unpaired) electrons. The largest absolute Gasteiger partial charge is 0.455 e. The lowest BCUT2D eigenvalue weighted by molar-refractivity contribution is 0.669. The van der Waals surface area contributed by atoms with Crippen molar-refractivity contribution in [1.29, 1.82) is 0 Å². The SMILES string of the molecule is c1ccc(-n2c3ccccc3c3c(-c4cccc5oc6c(-c7nc(-c8ccc9ccccc9c8)nc(-c8cccc9c8oc8ccccc89)n7)cccc6c45)cccc32)cc1. The van der Waals surface area contributed by atoms with E-state index in [2.05, 4.69) is 162 Å². The summed E-state index contributed by atoms with van der Waals surface area (Å²) in [6.45, 7) is 0. The van der Waals surface area contributed by atoms with Crippen molar-refractivity contribution in [2.24, 2.45) is 0 Å². The highest BCUT2D eigenvalue weighted by Gasteiger charge is 2.23. The predicted octanol–water partition coefficient (Wildman–Crippen LogP) is 14.6. The molecular weight excluding hydrogens is 749 g/mol. The second-order valence-electron chi connectivity index (χ2n) is 15.5. The maximum absolute atomic E-state index is 6.91. The number of hydrogen-bond acceptors (Lipinski definition) is 5. The van der Waals surface area contributed by atoms with Crippen LogP contribution in [0.4, 0.5) is 0 Å². The fraction of sp³-hybridized carbons (Fsp3) is 0. The Morgan fingerprint density at radius 3 is 1.74 bits per heavy atom. The third kappa shape index (κ3) is 5.12. The van der Waals surface area contributed by atoms with Crippen LogP contribution in [0.25, 0.3) is 127 Å². The molecule has 13 aromatic rings. The van der Waals surface area contributed by atoms with E-state index in [1.54, 1.807) is 0 Å². The molecule has 0 saturated carbocycles. The summed E-state index contributed by atoms with van der Waals surface area (Å²) in [5.41, 5.74) is 11.2. The number of nitrogens with zero attached hydrogens (tertiary/aromatic N) is 4. The van der Waals surface area contributed by atoms with Crippen molar-refractivity contribution >= 4 is 76.5 Å². The molecule has 0 atom stereocenters. The molecule has 0 aliphatic carbocycles. The number of rotatable bonds is 5. The number of furan rings is 2. The van der Waals surface area contributed by atoms with Gasteiger partial charge in [0.1, 0.15) is 22.3 Å². The Labute approximate surface area is 348 Å². The van der Waals surface area contributed by atoms with Crippen LogP contribution in [-0.2, 0) is 0 Å². The van der Waals surface area contributed by atoms with Gasteiger partial charge < -0.3 is 13.4 Å². The standard InChI is InChI=1S/C55H32N4O2/c1-2-16-36(17-3-1)59-45-26-8-6-19-41(45)49-38(20-12-27-46(49)59)39-21-13-29-48-50(39)42-23-11-25-44(52(42)61-48)55-57-53(35-31-30-33-14-4-5-15-34(33)32-35)56-54(58-55)43-24-10-22-40-37-18-7-9-28-47(37)60-51(40)43/h1-32H. The first-order chi connectivity index (χ1) is 30.2. The average molecular weight is 781 g/mol. The summed E-state index contributed by atoms with van der Waals surface area (Å²) < 4.78 is 15.8. The van der Waals surface area contributed by atoms with E-state index in [0.717, 1.165) is 93.6 Å². The minimum Gasteiger partial charge on any atom is -0.455 e. The molecule has 0 unspecified atom stereocenters. The van der Waals surface area contributed by atoms with Gasteiger partial charge in [0.25, 0.3) is 0 Å². The van der Waals surface area contributed by atoms with Gasteiger partial charge in [0.15, 0.2) is 17.5 Å². The topological polar surface area (TPSA) is 69.9 Å². The monoisotopic (exact) mass is 780 g/mol. The van der Waals surface area contributed by atoms with Gasteiger partial charge in [0, 0.05) is 43.6 Å². The lowest BCUT2D eigenvalue weighted by Crippen LogP contribution is -2.00. The summed E-state index contributed by atoms with van der Waals surface area (Å²) in [7, 11) is 0. The molecule has 0 N–H and O–H groups in total. The summed E-state index contributed by atoms with van der Waals surface area (Å²) in [6.07, 6.45) is 0. The zero-order valence-electron chi connectivity index (χ0n) is 32.6. The molecule has 0 fully saturated rings. The van der Waals surface area contributed by atoms with E-state index in [1.807, 2.05) is 36.4 Å². The first-order valence-corrected chi connectivity index (χ1v) is 20.4. The lowest BCUT2D eigenvalue weighted by Gasteiger charge is -2.10. The summed E-state index contributed by atoms with van der Waals surface area (Å²) in [5.74, 6) is 1.60. The summed E-state index contributed by atoms with van der Waals surface area (Å²) in [4.78, 5) is 15.6. The van der Waals surface area contributed by atoms with Crippen molar-refractivity contribution in [2.75, 3.05) is 0 Å². The molecule has 61 heavy (non-hydrogen) atoms. The normalized spacial score (nSPS) is 11.9. The van der Waals surface area contributed by atoms with Crippen LogP contribution >= 0.6 is 0 Å². The van der Waals surface area contributed by atoms with Crippen LogP contribution in [0.2, 0.25) is 0 Å². The molecule has 0 aliphatic heterocycles. The van der Waals surface area contributed by atoms with Crippen molar-refractivity contribution in [3.63, 3.8) is 0 Å². The second-order valence-corrected chi connectivity index (χ2v) is 15.5. The van der Waals surface area contributed by atoms with Crippen molar-refractivity contribution in [2.45, 2.75) is 0 Å². The predicted molar refractivity (Wildman–Crippen MR) is 248 cm³/mol. The first-order valence-electron chi connectivity index (χ1n) is 20.4. The average Bonchev–Trinajstić information content (AvgIpc) is 4.01. The van der Waals surface area contributed by atoms with Gasteiger partial charge in [-0.1, -0.05) is 140 Å². The Morgan fingerprint density at radius 1 is 0.344 bits per heavy atom. The number of fused-ring (bicyclic) bond motifs is 10. The van der Waals surface area contributed by atoms with Gasteiger partial charge in [-0.15, -0.1) is 0 Å². The Morgan fingerprint density at radius 2 is 0.902 bits per heavy atom. The highest BCUT2D eigenvalue weighted by molar-refractivity contribution is 6.22. The summed E-state index contributed by atoms with van der Waals surface area (Å²) >= 11 is 0. The molecule has 9 aromatic carbocycles. The maximum atomic E-state index is 6.91. The van der Waals surface area contributed by atoms with E-state index in [4.69, 9.17) is 23.8 Å². The Hall–Kier alpha value is -8.35. The molecule has 13 rings (SSSR count). The number of aromatic nitrogens is 4. The van der Waals surface area contributed by atoms with Gasteiger partial charge >= 0.3 is 0 Å². The molecule has 6 nitrogen and oxygen atoms in total. The van der Waals surface area contributed by atoms with Crippen LogP contribution < -0.4 is 0 Å². The Bertz CT molecular complexity index is 3900. The number of hydrogen-bond donors (Lipinski definition) is 0. The van der Waals surface area contributed by atoms with E-state index in [0.29, 0.717) is 23.1 Å². The fourth-order valence-corrected chi connectivity index (χ4v) is 9.34. The fourth-order valence-electron chi connectivity index (χ4n) is 9.34. The van der Waals surface area contributed by atoms with Crippen LogP contribution in [0.1, 0.15) is 0 Å². The smallest absolute Gasteiger partial charge is 0.167 e. The molecule has 4 heterocycles. The van der Waals surface area contributed by atoms with E-state index in [1.165, 1.54) is 10.8 Å². The van der Waals surface area contributed by atoms with Crippen LogP contribution in [0.5, 0.6) is 0 Å². The number of benzene rings is 9. The molecule has 0 spiro atoms. The maximum Gasteiger partial charge on any atom is 0.167 e. The molecule has 0 aliphatic rings. The first kappa shape index (κ1) is 33.6. The molecule has 0 saturated heterocycles. The second kappa shape index (κ2) is 13.1. The quantitative estimate of drug-likeness (QED) is 0.174. The minimum atomic E-state index is 0.514. The van der Waals surface area contributed by atoms with Crippen molar-refractivity contribution in [3.8, 4) is 51.0 Å². The third-order valence-corrected chi connectivity index (χ3v) is 12.1. The van der Waals surface area contributed by atoms with Crippen molar-refractivity contribution < 1.29 is 8.83 Å². The van der Waals surface area contributed by atoms with Crippen LogP contribution in [0.15, 0.2) is 203 Å².